The molecule has 0 amide bonds. The second-order valence-electron chi connectivity index (χ2n) is 8.74. The third kappa shape index (κ3) is 4.75. The molecule has 2 aromatic heterocycles. The van der Waals surface area contributed by atoms with Gasteiger partial charge in [-0.1, -0.05) is 47.5 Å². The van der Waals surface area contributed by atoms with Crippen LogP contribution in [0.25, 0.3) is 33.7 Å². The van der Waals surface area contributed by atoms with Crippen LogP contribution in [0.15, 0.2) is 54.7 Å². The summed E-state index contributed by atoms with van der Waals surface area (Å²) in [6, 6.07) is 16.1. The zero-order valence-corrected chi connectivity index (χ0v) is 19.4. The van der Waals surface area contributed by atoms with E-state index in [2.05, 4.69) is 39.2 Å². The third-order valence-electron chi connectivity index (χ3n) is 6.53. The Labute approximate surface area is 201 Å². The molecule has 168 valence electrons. The molecule has 1 fully saturated rings. The number of aliphatic carboxylic acids is 1. The Kier molecular flexibility index (Phi) is 6.09. The molecule has 33 heavy (non-hydrogen) atoms. The molecule has 1 saturated carbocycles. The maximum Gasteiger partial charge on any atom is 0.303 e. The summed E-state index contributed by atoms with van der Waals surface area (Å²) < 4.78 is 0. The van der Waals surface area contributed by atoms with Crippen LogP contribution in [0.4, 0.5) is 0 Å². The molecule has 2 aromatic carbocycles. The van der Waals surface area contributed by atoms with Crippen molar-refractivity contribution in [3.8, 4) is 22.6 Å². The van der Waals surface area contributed by atoms with Gasteiger partial charge in [-0.05, 0) is 67.3 Å². The van der Waals surface area contributed by atoms with Gasteiger partial charge in [0, 0.05) is 28.8 Å². The van der Waals surface area contributed by atoms with Crippen molar-refractivity contribution in [2.24, 2.45) is 5.92 Å². The Morgan fingerprint density at radius 2 is 1.73 bits per heavy atom. The lowest BCUT2D eigenvalue weighted by molar-refractivity contribution is -0.138. The van der Waals surface area contributed by atoms with Crippen molar-refractivity contribution in [2.45, 2.75) is 38.0 Å². The number of carbonyl (C=O) groups is 1. The number of benzene rings is 2. The summed E-state index contributed by atoms with van der Waals surface area (Å²) in [4.78, 5) is 23.4. The van der Waals surface area contributed by atoms with Gasteiger partial charge in [0.1, 0.15) is 11.3 Å². The first-order valence-corrected chi connectivity index (χ1v) is 11.8. The number of imidazole rings is 1. The molecule has 0 saturated heterocycles. The average molecular weight is 480 g/mol. The summed E-state index contributed by atoms with van der Waals surface area (Å²) in [6.07, 6.45) is 6.18. The second kappa shape index (κ2) is 9.16. The number of hydrogen-bond acceptors (Lipinski definition) is 3. The molecule has 0 aliphatic heterocycles. The van der Waals surface area contributed by atoms with Crippen molar-refractivity contribution < 1.29 is 9.90 Å². The molecular weight excluding hydrogens is 457 g/mol. The van der Waals surface area contributed by atoms with Gasteiger partial charge in [-0.15, -0.1) is 0 Å². The normalized spacial score (nSPS) is 18.5. The van der Waals surface area contributed by atoms with E-state index >= 15 is 0 Å². The highest BCUT2D eigenvalue weighted by atomic mass is 35.5. The van der Waals surface area contributed by atoms with Crippen molar-refractivity contribution >= 4 is 40.2 Å². The summed E-state index contributed by atoms with van der Waals surface area (Å²) in [5.74, 6) is 0.838. The Balaban J connectivity index is 1.29. The minimum absolute atomic E-state index is 0.294. The van der Waals surface area contributed by atoms with Crippen LogP contribution < -0.4 is 0 Å². The number of hydrogen-bond donors (Lipinski definition) is 2. The predicted octanol–water partition coefficient (Wildman–Crippen LogP) is 7.35. The van der Waals surface area contributed by atoms with Crippen LogP contribution in [0.2, 0.25) is 10.0 Å². The molecule has 2 heterocycles. The van der Waals surface area contributed by atoms with Crippen molar-refractivity contribution in [1.29, 1.82) is 0 Å². The molecule has 0 bridgehead atoms. The van der Waals surface area contributed by atoms with Crippen molar-refractivity contribution in [3.63, 3.8) is 0 Å². The molecule has 1 aliphatic rings. The first-order valence-electron chi connectivity index (χ1n) is 11.1. The molecule has 0 atom stereocenters. The van der Waals surface area contributed by atoms with Crippen LogP contribution in [0.3, 0.4) is 0 Å². The van der Waals surface area contributed by atoms with E-state index in [9.17, 15) is 4.79 Å². The summed E-state index contributed by atoms with van der Waals surface area (Å²) in [6.45, 7) is 0. The van der Waals surface area contributed by atoms with Gasteiger partial charge in [0.05, 0.1) is 16.2 Å². The van der Waals surface area contributed by atoms with E-state index in [1.807, 2.05) is 12.1 Å². The largest absolute Gasteiger partial charge is 0.481 e. The van der Waals surface area contributed by atoms with Crippen LogP contribution in [0.1, 0.15) is 43.6 Å². The fourth-order valence-electron chi connectivity index (χ4n) is 4.76. The molecule has 4 aromatic rings. The van der Waals surface area contributed by atoms with Gasteiger partial charge in [-0.25, -0.2) is 4.98 Å². The highest BCUT2D eigenvalue weighted by molar-refractivity contribution is 6.38. The molecule has 7 heteroatoms. The van der Waals surface area contributed by atoms with Crippen LogP contribution in [-0.2, 0) is 4.79 Å². The number of fused-ring (bicyclic) bond motifs is 1. The van der Waals surface area contributed by atoms with Crippen molar-refractivity contribution in [3.05, 3.63) is 70.3 Å². The monoisotopic (exact) mass is 479 g/mol. The third-order valence-corrected chi connectivity index (χ3v) is 7.04. The minimum atomic E-state index is -0.685. The molecular formula is C26H23Cl2N3O2. The number of halogens is 2. The summed E-state index contributed by atoms with van der Waals surface area (Å²) in [5, 5.41) is 10.1. The van der Waals surface area contributed by atoms with Crippen molar-refractivity contribution in [2.75, 3.05) is 0 Å². The molecule has 1 aliphatic carbocycles. The van der Waals surface area contributed by atoms with Gasteiger partial charge in [-0.3, -0.25) is 9.78 Å². The number of nitrogens with one attached hydrogen (secondary N) is 1. The molecule has 5 rings (SSSR count). The van der Waals surface area contributed by atoms with Crippen LogP contribution in [-0.4, -0.2) is 26.0 Å². The predicted molar refractivity (Wildman–Crippen MR) is 132 cm³/mol. The van der Waals surface area contributed by atoms with E-state index in [1.54, 1.807) is 18.3 Å². The number of carboxylic acids is 1. The fourth-order valence-corrected chi connectivity index (χ4v) is 5.29. The lowest BCUT2D eigenvalue weighted by Gasteiger charge is -2.28. The number of carboxylic acid groups (broad SMARTS) is 1. The van der Waals surface area contributed by atoms with Gasteiger partial charge in [0.25, 0.3) is 0 Å². The standard InChI is InChI=1S/C26H23Cl2N3O2/c27-20-12-21(28)25-23(13-20)30-26(31-25)19-9-10-22(29-14-19)18-7-5-17(6-8-18)16-3-1-15(2-4-16)11-24(32)33/h5-10,12-16H,1-4,11H2,(H,30,31)(H,32,33). The number of H-pyrrole nitrogens is 1. The number of pyridine rings is 1. The minimum Gasteiger partial charge on any atom is -0.481 e. The molecule has 2 N–H and O–H groups in total. The quantitative estimate of drug-likeness (QED) is 0.313. The zero-order valence-electron chi connectivity index (χ0n) is 17.9. The average Bonchev–Trinajstić information content (AvgIpc) is 3.24. The summed E-state index contributed by atoms with van der Waals surface area (Å²) in [5.41, 5.74) is 5.63. The van der Waals surface area contributed by atoms with Crippen LogP contribution in [0, 0.1) is 5.92 Å². The SMILES string of the molecule is O=C(O)CC1CCC(c2ccc(-c3ccc(-c4nc5c(Cl)cc(Cl)cc5[nH]4)cn3)cc2)CC1. The molecule has 0 radical (unpaired) electrons. The topological polar surface area (TPSA) is 78.9 Å². The first kappa shape index (κ1) is 21.9. The van der Waals surface area contributed by atoms with E-state index in [0.717, 1.165) is 48.0 Å². The molecule has 5 nitrogen and oxygen atoms in total. The molecule has 0 unspecified atom stereocenters. The van der Waals surface area contributed by atoms with Gasteiger partial charge in [0.15, 0.2) is 0 Å². The molecule has 0 spiro atoms. The maximum absolute atomic E-state index is 10.9. The van der Waals surface area contributed by atoms with Crippen LogP contribution >= 0.6 is 23.2 Å². The highest BCUT2D eigenvalue weighted by Gasteiger charge is 2.24. The lowest BCUT2D eigenvalue weighted by atomic mass is 9.77. The number of aromatic amines is 1. The summed E-state index contributed by atoms with van der Waals surface area (Å²) >= 11 is 12.3. The van der Waals surface area contributed by atoms with Gasteiger partial charge in [0.2, 0.25) is 0 Å². The lowest BCUT2D eigenvalue weighted by Crippen LogP contribution is -2.16. The smallest absolute Gasteiger partial charge is 0.303 e. The Hall–Kier alpha value is -2.89. The van der Waals surface area contributed by atoms with Crippen LogP contribution in [0.5, 0.6) is 0 Å². The number of aromatic nitrogens is 3. The van der Waals surface area contributed by atoms with E-state index in [-0.39, 0.29) is 0 Å². The first-order chi connectivity index (χ1) is 16.0. The number of rotatable bonds is 5. The fraction of sp³-hybridized carbons (Fsp3) is 0.269. The Morgan fingerprint density at radius 3 is 2.39 bits per heavy atom. The van der Waals surface area contributed by atoms with Gasteiger partial charge in [-0.2, -0.15) is 0 Å². The van der Waals surface area contributed by atoms with E-state index in [1.165, 1.54) is 5.56 Å². The van der Waals surface area contributed by atoms with E-state index < -0.39 is 5.97 Å². The maximum atomic E-state index is 10.9. The Bertz CT molecular complexity index is 1290. The highest BCUT2D eigenvalue weighted by Crippen LogP contribution is 2.37. The number of nitrogens with zero attached hydrogens (tertiary/aromatic N) is 2. The van der Waals surface area contributed by atoms with Gasteiger partial charge >= 0.3 is 5.97 Å². The Morgan fingerprint density at radius 1 is 1.00 bits per heavy atom. The summed E-state index contributed by atoms with van der Waals surface area (Å²) in [7, 11) is 0. The van der Waals surface area contributed by atoms with E-state index in [4.69, 9.17) is 28.3 Å². The van der Waals surface area contributed by atoms with Gasteiger partial charge < -0.3 is 10.1 Å². The zero-order chi connectivity index (χ0) is 22.9. The second-order valence-corrected chi connectivity index (χ2v) is 9.58. The van der Waals surface area contributed by atoms with Crippen molar-refractivity contribution in [1.82, 2.24) is 15.0 Å². The van der Waals surface area contributed by atoms with E-state index in [0.29, 0.717) is 39.6 Å².